The predicted octanol–water partition coefficient (Wildman–Crippen LogP) is 4.92. The van der Waals surface area contributed by atoms with Gasteiger partial charge in [0.1, 0.15) is 5.82 Å². The summed E-state index contributed by atoms with van der Waals surface area (Å²) in [5, 5.41) is 0.847. The fourth-order valence-corrected chi connectivity index (χ4v) is 2.44. The molecule has 0 N–H and O–H groups in total. The lowest BCUT2D eigenvalue weighted by molar-refractivity contribution is 0.585. The third-order valence-corrected chi connectivity index (χ3v) is 4.08. The van der Waals surface area contributed by atoms with Gasteiger partial charge in [-0.3, -0.25) is 0 Å². The molecule has 0 aliphatic carbocycles. The van der Waals surface area contributed by atoms with Crippen molar-refractivity contribution in [1.29, 1.82) is 0 Å². The summed E-state index contributed by atoms with van der Waals surface area (Å²) in [6, 6.07) is 15.2. The molecule has 0 aliphatic heterocycles. The second-order valence-corrected chi connectivity index (χ2v) is 5.17. The summed E-state index contributed by atoms with van der Waals surface area (Å²) in [6.07, 6.45) is 0. The van der Waals surface area contributed by atoms with E-state index in [4.69, 9.17) is 0 Å². The van der Waals surface area contributed by atoms with Gasteiger partial charge < -0.3 is 4.90 Å². The van der Waals surface area contributed by atoms with E-state index >= 15 is 0 Å². The molecule has 1 nitrogen and oxygen atoms in total. The Hall–Kier alpha value is -1.35. The van der Waals surface area contributed by atoms with Crippen LogP contribution in [0, 0.1) is 5.82 Å². The van der Waals surface area contributed by atoms with Crippen molar-refractivity contribution >= 4 is 21.6 Å². The van der Waals surface area contributed by atoms with Gasteiger partial charge in [-0.05, 0) is 30.7 Å². The molecule has 19 heavy (non-hydrogen) atoms. The normalized spacial score (nSPS) is 12.2. The van der Waals surface area contributed by atoms with Crippen LogP contribution in [-0.2, 0) is 5.33 Å². The Balaban J connectivity index is 2.23. The Labute approximate surface area is 122 Å². The number of rotatable bonds is 4. The van der Waals surface area contributed by atoms with Crippen LogP contribution >= 0.6 is 15.9 Å². The van der Waals surface area contributed by atoms with Gasteiger partial charge >= 0.3 is 0 Å². The topological polar surface area (TPSA) is 3.24 Å². The molecule has 0 spiro atoms. The minimum atomic E-state index is -0.154. The second-order valence-electron chi connectivity index (χ2n) is 4.61. The number of hydrogen-bond donors (Lipinski definition) is 0. The van der Waals surface area contributed by atoms with Gasteiger partial charge in [-0.15, -0.1) is 0 Å². The monoisotopic (exact) mass is 321 g/mol. The van der Waals surface area contributed by atoms with E-state index in [2.05, 4.69) is 45.1 Å². The summed E-state index contributed by atoms with van der Waals surface area (Å²) in [7, 11) is 1.99. The number of halogens is 2. The maximum absolute atomic E-state index is 13.8. The smallest absolute Gasteiger partial charge is 0.128 e. The van der Waals surface area contributed by atoms with E-state index in [0.29, 0.717) is 0 Å². The average Bonchev–Trinajstić information content (AvgIpc) is 2.46. The Morgan fingerprint density at radius 1 is 1.11 bits per heavy atom. The van der Waals surface area contributed by atoms with Gasteiger partial charge in [0.25, 0.3) is 0 Å². The first kappa shape index (κ1) is 14.1. The van der Waals surface area contributed by atoms with Crippen molar-refractivity contribution in [1.82, 2.24) is 0 Å². The number of alkyl halides is 1. The fourth-order valence-electron chi connectivity index (χ4n) is 2.07. The van der Waals surface area contributed by atoms with Crippen LogP contribution in [0.2, 0.25) is 0 Å². The molecular formula is C16H17BrFN. The minimum Gasteiger partial charge on any atom is -0.368 e. The minimum absolute atomic E-state index is 0.00368. The van der Waals surface area contributed by atoms with Crippen molar-refractivity contribution in [3.05, 3.63) is 65.5 Å². The second kappa shape index (κ2) is 6.20. The lowest BCUT2D eigenvalue weighted by atomic mass is 10.1. The van der Waals surface area contributed by atoms with Crippen LogP contribution < -0.4 is 4.90 Å². The number of hydrogen-bond acceptors (Lipinski definition) is 1. The largest absolute Gasteiger partial charge is 0.368 e. The molecule has 0 amide bonds. The van der Waals surface area contributed by atoms with Gasteiger partial charge in [0.2, 0.25) is 0 Å². The van der Waals surface area contributed by atoms with Crippen LogP contribution in [0.15, 0.2) is 48.5 Å². The first-order chi connectivity index (χ1) is 9.13. The molecular weight excluding hydrogens is 305 g/mol. The first-order valence-corrected chi connectivity index (χ1v) is 7.38. The summed E-state index contributed by atoms with van der Waals surface area (Å²) >= 11 is 3.43. The third kappa shape index (κ3) is 3.16. The molecule has 100 valence electrons. The highest BCUT2D eigenvalue weighted by Gasteiger charge is 2.15. The molecule has 2 aromatic carbocycles. The van der Waals surface area contributed by atoms with E-state index in [9.17, 15) is 4.39 Å². The first-order valence-electron chi connectivity index (χ1n) is 6.25. The van der Waals surface area contributed by atoms with Gasteiger partial charge in [0, 0.05) is 23.6 Å². The Morgan fingerprint density at radius 3 is 2.32 bits per heavy atom. The quantitative estimate of drug-likeness (QED) is 0.722. The number of benzene rings is 2. The van der Waals surface area contributed by atoms with Gasteiger partial charge in [0.05, 0.1) is 6.04 Å². The highest BCUT2D eigenvalue weighted by Crippen LogP contribution is 2.27. The van der Waals surface area contributed by atoms with Crippen LogP contribution in [0.5, 0.6) is 0 Å². The Kier molecular flexibility index (Phi) is 4.59. The van der Waals surface area contributed by atoms with Crippen LogP contribution in [0.25, 0.3) is 0 Å². The number of nitrogens with zero attached hydrogens (tertiary/aromatic N) is 1. The predicted molar refractivity (Wildman–Crippen MR) is 82.3 cm³/mol. The van der Waals surface area contributed by atoms with Crippen LogP contribution in [0.4, 0.5) is 10.1 Å². The van der Waals surface area contributed by atoms with E-state index in [1.165, 1.54) is 11.6 Å². The zero-order valence-electron chi connectivity index (χ0n) is 11.1. The van der Waals surface area contributed by atoms with Crippen molar-refractivity contribution in [2.75, 3.05) is 11.9 Å². The molecule has 0 radical (unpaired) electrons. The highest BCUT2D eigenvalue weighted by atomic mass is 79.9. The molecule has 2 rings (SSSR count). The molecule has 0 aliphatic rings. The number of anilines is 1. The van der Waals surface area contributed by atoms with E-state index in [0.717, 1.165) is 16.6 Å². The lowest BCUT2D eigenvalue weighted by Gasteiger charge is -2.27. The highest BCUT2D eigenvalue weighted by molar-refractivity contribution is 9.08. The summed E-state index contributed by atoms with van der Waals surface area (Å²) in [4.78, 5) is 2.08. The van der Waals surface area contributed by atoms with Crippen molar-refractivity contribution in [2.45, 2.75) is 18.3 Å². The van der Waals surface area contributed by atoms with Crippen molar-refractivity contribution in [3.63, 3.8) is 0 Å². The van der Waals surface area contributed by atoms with Gasteiger partial charge in [0.15, 0.2) is 0 Å². The average molecular weight is 322 g/mol. The SMILES string of the molecule is CC(c1ccccc1F)N(C)c1ccc(CBr)cc1. The van der Waals surface area contributed by atoms with Crippen LogP contribution in [0.3, 0.4) is 0 Å². The van der Waals surface area contributed by atoms with Gasteiger partial charge in [-0.25, -0.2) is 4.39 Å². The molecule has 1 unspecified atom stereocenters. The summed E-state index contributed by atoms with van der Waals surface area (Å²) in [5.41, 5.74) is 3.03. The van der Waals surface area contributed by atoms with Crippen LogP contribution in [-0.4, -0.2) is 7.05 Å². The van der Waals surface area contributed by atoms with E-state index in [-0.39, 0.29) is 11.9 Å². The zero-order chi connectivity index (χ0) is 13.8. The maximum Gasteiger partial charge on any atom is 0.128 e. The summed E-state index contributed by atoms with van der Waals surface area (Å²) < 4.78 is 13.8. The maximum atomic E-state index is 13.8. The summed E-state index contributed by atoms with van der Waals surface area (Å²) in [5.74, 6) is -0.154. The van der Waals surface area contributed by atoms with Crippen molar-refractivity contribution in [3.8, 4) is 0 Å². The van der Waals surface area contributed by atoms with Gasteiger partial charge in [-0.1, -0.05) is 46.3 Å². The molecule has 3 heteroatoms. The molecule has 0 bridgehead atoms. The molecule has 0 heterocycles. The fraction of sp³-hybridized carbons (Fsp3) is 0.250. The molecule has 0 fully saturated rings. The summed E-state index contributed by atoms with van der Waals surface area (Å²) in [6.45, 7) is 2.01. The Morgan fingerprint density at radius 2 is 1.74 bits per heavy atom. The van der Waals surface area contributed by atoms with Crippen molar-refractivity contribution < 1.29 is 4.39 Å². The van der Waals surface area contributed by atoms with E-state index in [1.807, 2.05) is 26.1 Å². The zero-order valence-corrected chi connectivity index (χ0v) is 12.7. The third-order valence-electron chi connectivity index (χ3n) is 3.43. The molecule has 0 aromatic heterocycles. The molecule has 1 atom stereocenters. The molecule has 0 saturated heterocycles. The Bertz CT molecular complexity index is 539. The van der Waals surface area contributed by atoms with E-state index < -0.39 is 0 Å². The lowest BCUT2D eigenvalue weighted by Crippen LogP contribution is -2.22. The van der Waals surface area contributed by atoms with Crippen LogP contribution in [0.1, 0.15) is 24.1 Å². The van der Waals surface area contributed by atoms with E-state index in [1.54, 1.807) is 6.07 Å². The standard InChI is InChI=1S/C16H17BrFN/c1-12(15-5-3-4-6-16(15)18)19(2)14-9-7-13(11-17)8-10-14/h3-10,12H,11H2,1-2H3. The van der Waals surface area contributed by atoms with Crippen molar-refractivity contribution in [2.24, 2.45) is 0 Å². The molecule has 0 saturated carbocycles. The van der Waals surface area contributed by atoms with Gasteiger partial charge in [-0.2, -0.15) is 0 Å². The molecule has 2 aromatic rings.